The van der Waals surface area contributed by atoms with Gasteiger partial charge in [0.05, 0.1) is 6.10 Å². The molecule has 0 heterocycles. The van der Waals surface area contributed by atoms with Crippen LogP contribution in [0.1, 0.15) is 0 Å². The first-order valence-corrected chi connectivity index (χ1v) is 7.86. The van der Waals surface area contributed by atoms with Crippen molar-refractivity contribution in [1.29, 1.82) is 0 Å². The van der Waals surface area contributed by atoms with Crippen LogP contribution in [0.4, 0.5) is 18.9 Å². The average molecular weight is 343 g/mol. The maximum atomic E-state index is 13.3. The number of rotatable bonds is 8. The number of ether oxygens (including phenoxy) is 1. The molecule has 2 N–H and O–H groups in total. The largest absolute Gasteiger partial charge is 0.435 e. The molecule has 0 fully saturated rings. The van der Waals surface area contributed by atoms with Crippen LogP contribution in [0, 0.1) is 5.82 Å². The van der Waals surface area contributed by atoms with Crippen LogP contribution >= 0.6 is 11.8 Å². The lowest BCUT2D eigenvalue weighted by molar-refractivity contribution is -0.0499. The Balaban J connectivity index is 1.83. The second-order valence-electron chi connectivity index (χ2n) is 4.71. The van der Waals surface area contributed by atoms with Gasteiger partial charge in [-0.15, -0.1) is 11.8 Å². The minimum Gasteiger partial charge on any atom is -0.435 e. The van der Waals surface area contributed by atoms with Crippen molar-refractivity contribution in [3.63, 3.8) is 0 Å². The van der Waals surface area contributed by atoms with Crippen molar-refractivity contribution in [1.82, 2.24) is 0 Å². The summed E-state index contributed by atoms with van der Waals surface area (Å²) in [5.74, 6) is -0.512. The number of thioether (sulfide) groups is 1. The lowest BCUT2D eigenvalue weighted by Gasteiger charge is -2.14. The molecule has 2 aromatic rings. The van der Waals surface area contributed by atoms with E-state index in [0.29, 0.717) is 5.75 Å². The van der Waals surface area contributed by atoms with Crippen molar-refractivity contribution in [2.24, 2.45) is 0 Å². The maximum absolute atomic E-state index is 13.3. The quantitative estimate of drug-likeness (QED) is 0.711. The smallest absolute Gasteiger partial charge is 0.387 e. The van der Waals surface area contributed by atoms with Crippen LogP contribution < -0.4 is 10.1 Å². The fourth-order valence-corrected chi connectivity index (χ4v) is 2.69. The molecule has 23 heavy (non-hydrogen) atoms. The van der Waals surface area contributed by atoms with Gasteiger partial charge in [0.2, 0.25) is 0 Å². The van der Waals surface area contributed by atoms with Gasteiger partial charge in [-0.05, 0) is 18.2 Å². The van der Waals surface area contributed by atoms with Gasteiger partial charge in [0.1, 0.15) is 11.6 Å². The molecule has 0 saturated carbocycles. The van der Waals surface area contributed by atoms with E-state index >= 15 is 0 Å². The number of nitrogens with one attached hydrogen (secondary N) is 1. The number of hydrogen-bond donors (Lipinski definition) is 2. The van der Waals surface area contributed by atoms with E-state index in [-0.39, 0.29) is 18.0 Å². The van der Waals surface area contributed by atoms with Gasteiger partial charge in [0, 0.05) is 35.0 Å². The highest BCUT2D eigenvalue weighted by Crippen LogP contribution is 2.22. The van der Waals surface area contributed by atoms with Crippen molar-refractivity contribution in [3.05, 3.63) is 54.3 Å². The Morgan fingerprint density at radius 2 is 1.87 bits per heavy atom. The van der Waals surface area contributed by atoms with E-state index in [4.69, 9.17) is 0 Å². The van der Waals surface area contributed by atoms with E-state index in [1.807, 2.05) is 30.3 Å². The third kappa shape index (κ3) is 6.42. The molecule has 0 radical (unpaired) electrons. The lowest BCUT2D eigenvalue weighted by Crippen LogP contribution is -2.21. The Morgan fingerprint density at radius 3 is 2.57 bits per heavy atom. The second-order valence-corrected chi connectivity index (χ2v) is 5.81. The van der Waals surface area contributed by atoms with E-state index in [0.717, 1.165) is 17.0 Å². The zero-order valence-corrected chi connectivity index (χ0v) is 12.9. The topological polar surface area (TPSA) is 41.5 Å². The zero-order chi connectivity index (χ0) is 16.7. The standard InChI is InChI=1S/C16H16F3NO2S/c17-11-6-12(8-14(7-11)22-16(18)19)20-9-13(21)10-23-15-4-2-1-3-5-15/h1-8,13,16,20-21H,9-10H2. The van der Waals surface area contributed by atoms with Crippen molar-refractivity contribution >= 4 is 17.4 Å². The summed E-state index contributed by atoms with van der Waals surface area (Å²) < 4.78 is 41.8. The first kappa shape index (κ1) is 17.5. The normalized spacial score (nSPS) is 12.2. The predicted molar refractivity (Wildman–Crippen MR) is 84.7 cm³/mol. The monoisotopic (exact) mass is 343 g/mol. The molecule has 0 saturated heterocycles. The number of alkyl halides is 2. The van der Waals surface area contributed by atoms with Crippen LogP contribution in [0.2, 0.25) is 0 Å². The van der Waals surface area contributed by atoms with Crippen LogP contribution in [0.3, 0.4) is 0 Å². The van der Waals surface area contributed by atoms with E-state index in [9.17, 15) is 18.3 Å². The molecule has 0 aliphatic rings. The molecule has 2 aromatic carbocycles. The number of halogens is 3. The van der Waals surface area contributed by atoms with E-state index < -0.39 is 18.5 Å². The lowest BCUT2D eigenvalue weighted by atomic mass is 10.2. The molecule has 2 rings (SSSR count). The van der Waals surface area contributed by atoms with Gasteiger partial charge < -0.3 is 15.2 Å². The minimum atomic E-state index is -3.02. The van der Waals surface area contributed by atoms with Gasteiger partial charge in [0.25, 0.3) is 0 Å². The van der Waals surface area contributed by atoms with Crippen LogP contribution in [0.15, 0.2) is 53.4 Å². The van der Waals surface area contributed by atoms with Gasteiger partial charge in [-0.2, -0.15) is 8.78 Å². The second kappa shape index (κ2) is 8.69. The highest BCUT2D eigenvalue weighted by atomic mass is 32.2. The average Bonchev–Trinajstić information content (AvgIpc) is 2.51. The molecule has 0 spiro atoms. The molecule has 0 aliphatic carbocycles. The van der Waals surface area contributed by atoms with Crippen molar-refractivity contribution in [2.75, 3.05) is 17.6 Å². The summed E-state index contributed by atoms with van der Waals surface area (Å²) >= 11 is 1.49. The maximum Gasteiger partial charge on any atom is 0.387 e. The van der Waals surface area contributed by atoms with Gasteiger partial charge in [-0.1, -0.05) is 18.2 Å². The number of anilines is 1. The summed E-state index contributed by atoms with van der Waals surface area (Å²) in [6.07, 6.45) is -0.678. The van der Waals surface area contributed by atoms with E-state index in [1.165, 1.54) is 17.8 Å². The summed E-state index contributed by atoms with van der Waals surface area (Å²) in [4.78, 5) is 1.03. The number of aliphatic hydroxyl groups is 1. The Hall–Kier alpha value is -1.86. The van der Waals surface area contributed by atoms with Crippen molar-refractivity contribution in [3.8, 4) is 5.75 Å². The van der Waals surface area contributed by atoms with Gasteiger partial charge in [-0.25, -0.2) is 4.39 Å². The van der Waals surface area contributed by atoms with Crippen LogP contribution in [0.5, 0.6) is 5.75 Å². The van der Waals surface area contributed by atoms with Crippen molar-refractivity contribution in [2.45, 2.75) is 17.6 Å². The summed E-state index contributed by atoms with van der Waals surface area (Å²) in [7, 11) is 0. The molecule has 124 valence electrons. The van der Waals surface area contributed by atoms with E-state index in [1.54, 1.807) is 0 Å². The highest BCUT2D eigenvalue weighted by molar-refractivity contribution is 7.99. The van der Waals surface area contributed by atoms with Gasteiger partial charge in [-0.3, -0.25) is 0 Å². The van der Waals surface area contributed by atoms with Crippen molar-refractivity contribution < 1.29 is 23.0 Å². The number of aliphatic hydroxyl groups excluding tert-OH is 1. The summed E-state index contributed by atoms with van der Waals surface area (Å²) in [5.41, 5.74) is 0.268. The molecule has 7 heteroatoms. The van der Waals surface area contributed by atoms with E-state index in [2.05, 4.69) is 10.1 Å². The summed E-state index contributed by atoms with van der Waals surface area (Å²) in [5, 5.41) is 12.7. The molecule has 1 atom stereocenters. The Labute approximate surface area is 136 Å². The molecule has 0 amide bonds. The molecule has 1 unspecified atom stereocenters. The third-order valence-corrected chi connectivity index (χ3v) is 3.98. The predicted octanol–water partition coefficient (Wildman–Crippen LogP) is 3.99. The molecular formula is C16H16F3NO2S. The Bertz CT molecular complexity index is 614. The Morgan fingerprint density at radius 1 is 1.13 bits per heavy atom. The molecule has 0 bridgehead atoms. The highest BCUT2D eigenvalue weighted by Gasteiger charge is 2.09. The minimum absolute atomic E-state index is 0.164. The molecule has 0 aromatic heterocycles. The number of hydrogen-bond acceptors (Lipinski definition) is 4. The first-order chi connectivity index (χ1) is 11.0. The van der Waals surface area contributed by atoms with Crippen LogP contribution in [0.25, 0.3) is 0 Å². The van der Waals surface area contributed by atoms with Gasteiger partial charge in [0.15, 0.2) is 0 Å². The first-order valence-electron chi connectivity index (χ1n) is 6.88. The zero-order valence-electron chi connectivity index (χ0n) is 12.1. The molecule has 0 aliphatic heterocycles. The molecular weight excluding hydrogens is 327 g/mol. The Kier molecular flexibility index (Phi) is 6.61. The third-order valence-electron chi connectivity index (χ3n) is 2.82. The number of benzene rings is 2. The SMILES string of the molecule is OC(CNc1cc(F)cc(OC(F)F)c1)CSc1ccccc1. The fraction of sp³-hybridized carbons (Fsp3) is 0.250. The fourth-order valence-electron chi connectivity index (χ4n) is 1.84. The summed E-state index contributed by atoms with van der Waals surface area (Å²) in [6, 6.07) is 12.9. The van der Waals surface area contributed by atoms with Gasteiger partial charge >= 0.3 is 6.61 Å². The van der Waals surface area contributed by atoms with Crippen LogP contribution in [-0.4, -0.2) is 30.1 Å². The summed E-state index contributed by atoms with van der Waals surface area (Å²) in [6.45, 7) is -2.85. The molecule has 3 nitrogen and oxygen atoms in total. The van der Waals surface area contributed by atoms with Crippen LogP contribution in [-0.2, 0) is 0 Å².